The topological polar surface area (TPSA) is 104 Å². The fourth-order valence-electron chi connectivity index (χ4n) is 2.52. The lowest BCUT2D eigenvalue weighted by Crippen LogP contribution is -2.24. The lowest BCUT2D eigenvalue weighted by molar-refractivity contribution is -0.122. The SMILES string of the molecule is CCOc1ccc(/C=N/NC(=O)Cn2nnc(-c3ccc(F)cc3)n2)cc1OCC. The van der Waals surface area contributed by atoms with Crippen molar-refractivity contribution in [2.75, 3.05) is 13.2 Å². The van der Waals surface area contributed by atoms with Gasteiger partial charge in [-0.2, -0.15) is 9.90 Å². The zero-order valence-corrected chi connectivity index (χ0v) is 16.6. The van der Waals surface area contributed by atoms with Gasteiger partial charge in [-0.1, -0.05) is 0 Å². The first-order valence-corrected chi connectivity index (χ1v) is 9.34. The number of hydrazone groups is 1. The molecule has 2 aromatic carbocycles. The number of rotatable bonds is 9. The second kappa shape index (κ2) is 10.1. The van der Waals surface area contributed by atoms with E-state index in [0.29, 0.717) is 36.1 Å². The molecule has 30 heavy (non-hydrogen) atoms. The van der Waals surface area contributed by atoms with Crippen LogP contribution >= 0.6 is 0 Å². The van der Waals surface area contributed by atoms with Gasteiger partial charge in [0.2, 0.25) is 5.82 Å². The normalized spacial score (nSPS) is 10.9. The van der Waals surface area contributed by atoms with E-state index in [1.165, 1.54) is 30.5 Å². The van der Waals surface area contributed by atoms with Gasteiger partial charge >= 0.3 is 0 Å². The molecule has 1 amide bonds. The molecule has 1 N–H and O–H groups in total. The molecular weight excluding hydrogens is 391 g/mol. The first-order valence-electron chi connectivity index (χ1n) is 9.34. The van der Waals surface area contributed by atoms with Crippen LogP contribution in [-0.4, -0.2) is 45.5 Å². The molecule has 0 saturated carbocycles. The minimum Gasteiger partial charge on any atom is -0.490 e. The third-order valence-electron chi connectivity index (χ3n) is 3.81. The second-order valence-electron chi connectivity index (χ2n) is 6.02. The van der Waals surface area contributed by atoms with E-state index in [4.69, 9.17) is 9.47 Å². The maximum atomic E-state index is 13.0. The van der Waals surface area contributed by atoms with Crippen LogP contribution in [0.4, 0.5) is 4.39 Å². The van der Waals surface area contributed by atoms with Gasteiger partial charge in [-0.15, -0.1) is 10.2 Å². The number of aromatic nitrogens is 4. The number of tetrazole rings is 1. The molecule has 0 saturated heterocycles. The molecule has 10 heteroatoms. The van der Waals surface area contributed by atoms with Crippen LogP contribution in [0.5, 0.6) is 11.5 Å². The van der Waals surface area contributed by atoms with Gasteiger partial charge in [-0.05, 0) is 67.1 Å². The van der Waals surface area contributed by atoms with E-state index < -0.39 is 5.91 Å². The van der Waals surface area contributed by atoms with E-state index in [2.05, 4.69) is 25.9 Å². The van der Waals surface area contributed by atoms with Crippen LogP contribution in [0, 0.1) is 5.82 Å². The molecule has 9 nitrogen and oxygen atoms in total. The smallest absolute Gasteiger partial charge is 0.263 e. The van der Waals surface area contributed by atoms with E-state index in [1.807, 2.05) is 13.8 Å². The van der Waals surface area contributed by atoms with Gasteiger partial charge in [0.15, 0.2) is 11.5 Å². The van der Waals surface area contributed by atoms with Gasteiger partial charge in [-0.3, -0.25) is 4.79 Å². The molecule has 1 heterocycles. The molecular formula is C20H21FN6O3. The molecule has 3 rings (SSSR count). The predicted octanol–water partition coefficient (Wildman–Crippen LogP) is 2.43. The maximum Gasteiger partial charge on any atom is 0.263 e. The summed E-state index contributed by atoms with van der Waals surface area (Å²) in [6, 6.07) is 11.0. The monoisotopic (exact) mass is 412 g/mol. The summed E-state index contributed by atoms with van der Waals surface area (Å²) in [5.74, 6) is 0.767. The standard InChI is InChI=1S/C20H21FN6O3/c1-3-29-17-10-5-14(11-18(17)30-4-2)12-22-23-19(28)13-27-25-20(24-26-27)15-6-8-16(21)9-7-15/h5-12H,3-4,13H2,1-2H3,(H,23,28)/b22-12+. The summed E-state index contributed by atoms with van der Waals surface area (Å²) in [5, 5.41) is 15.7. The Balaban J connectivity index is 1.57. The minimum atomic E-state index is -0.426. The fraction of sp³-hybridized carbons (Fsp3) is 0.250. The predicted molar refractivity (Wildman–Crippen MR) is 108 cm³/mol. The zero-order chi connectivity index (χ0) is 21.3. The quantitative estimate of drug-likeness (QED) is 0.428. The van der Waals surface area contributed by atoms with Crippen LogP contribution in [0.3, 0.4) is 0 Å². The Hall–Kier alpha value is -3.82. The van der Waals surface area contributed by atoms with Crippen molar-refractivity contribution in [3.63, 3.8) is 0 Å². The largest absolute Gasteiger partial charge is 0.490 e. The Morgan fingerprint density at radius 1 is 1.13 bits per heavy atom. The Kier molecular flexibility index (Phi) is 7.04. The summed E-state index contributed by atoms with van der Waals surface area (Å²) in [4.78, 5) is 13.2. The molecule has 0 aliphatic carbocycles. The van der Waals surface area contributed by atoms with E-state index in [9.17, 15) is 9.18 Å². The van der Waals surface area contributed by atoms with Crippen LogP contribution in [0.15, 0.2) is 47.6 Å². The first kappa shape index (κ1) is 20.9. The highest BCUT2D eigenvalue weighted by Gasteiger charge is 2.09. The number of benzene rings is 2. The van der Waals surface area contributed by atoms with Crippen molar-refractivity contribution in [1.29, 1.82) is 0 Å². The third-order valence-corrected chi connectivity index (χ3v) is 3.81. The average molecular weight is 412 g/mol. The average Bonchev–Trinajstić information content (AvgIpc) is 3.19. The number of nitrogens with one attached hydrogen (secondary N) is 1. The molecule has 0 aliphatic heterocycles. The summed E-state index contributed by atoms with van der Waals surface area (Å²) in [5.41, 5.74) is 3.74. The summed E-state index contributed by atoms with van der Waals surface area (Å²) < 4.78 is 24.1. The Bertz CT molecular complexity index is 1020. The number of carbonyl (C=O) groups excluding carboxylic acids is 1. The van der Waals surface area contributed by atoms with Crippen molar-refractivity contribution >= 4 is 12.1 Å². The molecule has 0 bridgehead atoms. The lowest BCUT2D eigenvalue weighted by Gasteiger charge is -2.11. The van der Waals surface area contributed by atoms with Crippen LogP contribution in [0.2, 0.25) is 0 Å². The van der Waals surface area contributed by atoms with Crippen molar-refractivity contribution in [1.82, 2.24) is 25.6 Å². The number of nitrogens with zero attached hydrogens (tertiary/aromatic N) is 5. The highest BCUT2D eigenvalue weighted by atomic mass is 19.1. The summed E-state index contributed by atoms with van der Waals surface area (Å²) in [6.07, 6.45) is 1.49. The molecule has 0 atom stereocenters. The molecule has 0 fully saturated rings. The van der Waals surface area contributed by atoms with Gasteiger partial charge < -0.3 is 9.47 Å². The molecule has 0 aliphatic rings. The molecule has 156 valence electrons. The fourth-order valence-corrected chi connectivity index (χ4v) is 2.52. The van der Waals surface area contributed by atoms with E-state index >= 15 is 0 Å². The number of hydrogen-bond donors (Lipinski definition) is 1. The first-order chi connectivity index (χ1) is 14.6. The van der Waals surface area contributed by atoms with Crippen molar-refractivity contribution < 1.29 is 18.7 Å². The van der Waals surface area contributed by atoms with Crippen molar-refractivity contribution in [3.8, 4) is 22.9 Å². The van der Waals surface area contributed by atoms with Gasteiger partial charge in [-0.25, -0.2) is 9.82 Å². The Morgan fingerprint density at radius 3 is 2.60 bits per heavy atom. The number of hydrogen-bond acceptors (Lipinski definition) is 7. The molecule has 3 aromatic rings. The van der Waals surface area contributed by atoms with Crippen LogP contribution in [-0.2, 0) is 11.3 Å². The zero-order valence-electron chi connectivity index (χ0n) is 16.6. The molecule has 1 aromatic heterocycles. The minimum absolute atomic E-state index is 0.168. The molecule has 0 radical (unpaired) electrons. The highest BCUT2D eigenvalue weighted by Crippen LogP contribution is 2.27. The number of amides is 1. The van der Waals surface area contributed by atoms with Gasteiger partial charge in [0.1, 0.15) is 12.4 Å². The lowest BCUT2D eigenvalue weighted by atomic mass is 10.2. The third kappa shape index (κ3) is 5.60. The van der Waals surface area contributed by atoms with E-state index in [-0.39, 0.29) is 12.4 Å². The number of halogens is 1. The summed E-state index contributed by atoms with van der Waals surface area (Å²) >= 11 is 0. The van der Waals surface area contributed by atoms with Crippen LogP contribution in [0.1, 0.15) is 19.4 Å². The van der Waals surface area contributed by atoms with Crippen LogP contribution < -0.4 is 14.9 Å². The number of ether oxygens (including phenoxy) is 2. The van der Waals surface area contributed by atoms with Crippen molar-refractivity contribution in [2.24, 2.45) is 5.10 Å². The van der Waals surface area contributed by atoms with Crippen LogP contribution in [0.25, 0.3) is 11.4 Å². The maximum absolute atomic E-state index is 13.0. The number of carbonyl (C=O) groups is 1. The van der Waals surface area contributed by atoms with Gasteiger partial charge in [0.25, 0.3) is 5.91 Å². The molecule has 0 spiro atoms. The van der Waals surface area contributed by atoms with Crippen molar-refractivity contribution in [3.05, 3.63) is 53.8 Å². The Labute approximate surface area is 172 Å². The van der Waals surface area contributed by atoms with E-state index in [0.717, 1.165) is 10.4 Å². The van der Waals surface area contributed by atoms with Crippen molar-refractivity contribution in [2.45, 2.75) is 20.4 Å². The Morgan fingerprint density at radius 2 is 1.87 bits per heavy atom. The van der Waals surface area contributed by atoms with Gasteiger partial charge in [0.05, 0.1) is 19.4 Å². The second-order valence-corrected chi connectivity index (χ2v) is 6.02. The highest BCUT2D eigenvalue weighted by molar-refractivity contribution is 5.83. The van der Waals surface area contributed by atoms with Gasteiger partial charge in [0, 0.05) is 5.56 Å². The summed E-state index contributed by atoms with van der Waals surface area (Å²) in [7, 11) is 0. The molecule has 0 unspecified atom stereocenters. The summed E-state index contributed by atoms with van der Waals surface area (Å²) in [6.45, 7) is 4.65. The van der Waals surface area contributed by atoms with E-state index in [1.54, 1.807) is 18.2 Å².